The summed E-state index contributed by atoms with van der Waals surface area (Å²) in [6.07, 6.45) is 5.97. The topological polar surface area (TPSA) is 41.1 Å². The van der Waals surface area contributed by atoms with Gasteiger partial charge in [0.15, 0.2) is 0 Å². The molecule has 3 nitrogen and oxygen atoms in total. The lowest BCUT2D eigenvalue weighted by Gasteiger charge is -2.28. The summed E-state index contributed by atoms with van der Waals surface area (Å²) in [5, 5.41) is 6.38. The molecular formula is C16H24N2O. The molecule has 0 heterocycles. The maximum atomic E-state index is 11.3. The highest BCUT2D eigenvalue weighted by molar-refractivity contribution is 5.90. The van der Waals surface area contributed by atoms with Gasteiger partial charge in [-0.2, -0.15) is 0 Å². The number of hydrogen-bond donors (Lipinski definition) is 2. The van der Waals surface area contributed by atoms with Gasteiger partial charge >= 0.3 is 0 Å². The van der Waals surface area contributed by atoms with Crippen LogP contribution in [0, 0.1) is 5.92 Å². The number of carbonyl (C=O) groups is 1. The third kappa shape index (κ3) is 4.27. The first-order chi connectivity index (χ1) is 9.17. The quantitative estimate of drug-likeness (QED) is 0.811. The largest absolute Gasteiger partial charge is 0.383 e. The van der Waals surface area contributed by atoms with Crippen LogP contribution in [0.5, 0.6) is 0 Å². The first-order valence-electron chi connectivity index (χ1n) is 7.34. The Bertz CT molecular complexity index is 409. The SMILES string of the molecule is CCC(=O)Nc1ccc(NC(C)CC2CCC2)cc1. The van der Waals surface area contributed by atoms with E-state index in [1.54, 1.807) is 0 Å². The predicted molar refractivity (Wildman–Crippen MR) is 80.4 cm³/mol. The minimum absolute atomic E-state index is 0.0547. The normalized spacial score (nSPS) is 16.5. The molecule has 1 aliphatic carbocycles. The Hall–Kier alpha value is -1.51. The van der Waals surface area contributed by atoms with Crippen LogP contribution in [-0.4, -0.2) is 11.9 Å². The first-order valence-corrected chi connectivity index (χ1v) is 7.34. The molecule has 2 N–H and O–H groups in total. The van der Waals surface area contributed by atoms with E-state index < -0.39 is 0 Å². The third-order valence-corrected chi connectivity index (χ3v) is 3.81. The van der Waals surface area contributed by atoms with Crippen LogP contribution < -0.4 is 10.6 Å². The van der Waals surface area contributed by atoms with Crippen LogP contribution >= 0.6 is 0 Å². The summed E-state index contributed by atoms with van der Waals surface area (Å²) in [4.78, 5) is 11.3. The van der Waals surface area contributed by atoms with Crippen molar-refractivity contribution >= 4 is 17.3 Å². The van der Waals surface area contributed by atoms with E-state index in [9.17, 15) is 4.79 Å². The Morgan fingerprint density at radius 2 is 1.89 bits per heavy atom. The van der Waals surface area contributed by atoms with Crippen molar-refractivity contribution in [3.63, 3.8) is 0 Å². The highest BCUT2D eigenvalue weighted by atomic mass is 16.1. The zero-order valence-electron chi connectivity index (χ0n) is 11.9. The van der Waals surface area contributed by atoms with Crippen molar-refractivity contribution in [2.24, 2.45) is 5.92 Å². The van der Waals surface area contributed by atoms with Gasteiger partial charge in [-0.1, -0.05) is 26.2 Å². The Balaban J connectivity index is 1.81. The molecule has 0 aliphatic heterocycles. The van der Waals surface area contributed by atoms with Crippen LogP contribution in [0.3, 0.4) is 0 Å². The zero-order chi connectivity index (χ0) is 13.7. The number of carbonyl (C=O) groups excluding carboxylic acids is 1. The molecule has 1 aromatic rings. The Labute approximate surface area is 115 Å². The summed E-state index contributed by atoms with van der Waals surface area (Å²) in [7, 11) is 0. The van der Waals surface area contributed by atoms with Crippen LogP contribution in [0.2, 0.25) is 0 Å². The molecule has 1 amide bonds. The number of rotatable bonds is 6. The molecular weight excluding hydrogens is 236 g/mol. The van der Waals surface area contributed by atoms with Gasteiger partial charge in [-0.15, -0.1) is 0 Å². The lowest BCUT2D eigenvalue weighted by Crippen LogP contribution is -2.23. The molecule has 1 unspecified atom stereocenters. The molecule has 1 atom stereocenters. The van der Waals surface area contributed by atoms with E-state index >= 15 is 0 Å². The molecule has 1 saturated carbocycles. The monoisotopic (exact) mass is 260 g/mol. The number of amides is 1. The number of anilines is 2. The second kappa shape index (κ2) is 6.60. The maximum absolute atomic E-state index is 11.3. The van der Waals surface area contributed by atoms with Gasteiger partial charge in [0, 0.05) is 23.8 Å². The van der Waals surface area contributed by atoms with Crippen LogP contribution in [0.4, 0.5) is 11.4 Å². The van der Waals surface area contributed by atoms with Crippen molar-refractivity contribution in [3.05, 3.63) is 24.3 Å². The zero-order valence-corrected chi connectivity index (χ0v) is 11.9. The van der Waals surface area contributed by atoms with E-state index in [0.717, 1.165) is 17.3 Å². The summed E-state index contributed by atoms with van der Waals surface area (Å²) >= 11 is 0. The van der Waals surface area contributed by atoms with E-state index in [4.69, 9.17) is 0 Å². The molecule has 0 spiro atoms. The van der Waals surface area contributed by atoms with E-state index in [1.807, 2.05) is 31.2 Å². The average Bonchev–Trinajstić information content (AvgIpc) is 2.36. The molecule has 0 radical (unpaired) electrons. The molecule has 2 rings (SSSR count). The van der Waals surface area contributed by atoms with Crippen molar-refractivity contribution in [2.45, 2.75) is 52.0 Å². The van der Waals surface area contributed by atoms with Gasteiger partial charge in [0.2, 0.25) is 5.91 Å². The van der Waals surface area contributed by atoms with Gasteiger partial charge in [0.1, 0.15) is 0 Å². The molecule has 104 valence electrons. The maximum Gasteiger partial charge on any atom is 0.224 e. The van der Waals surface area contributed by atoms with Crippen molar-refractivity contribution in [1.29, 1.82) is 0 Å². The van der Waals surface area contributed by atoms with Gasteiger partial charge in [0.25, 0.3) is 0 Å². The summed E-state index contributed by atoms with van der Waals surface area (Å²) in [5.41, 5.74) is 1.99. The Morgan fingerprint density at radius 1 is 1.26 bits per heavy atom. The standard InChI is InChI=1S/C16H24N2O/c1-3-16(19)18-15-9-7-14(8-10-15)17-12(2)11-13-5-4-6-13/h7-10,12-13,17H,3-6,11H2,1-2H3,(H,18,19). The van der Waals surface area contributed by atoms with Crippen LogP contribution in [-0.2, 0) is 4.79 Å². The fraction of sp³-hybridized carbons (Fsp3) is 0.562. The molecule has 19 heavy (non-hydrogen) atoms. The summed E-state index contributed by atoms with van der Waals surface area (Å²) < 4.78 is 0. The van der Waals surface area contributed by atoms with E-state index in [1.165, 1.54) is 25.7 Å². The molecule has 1 aliphatic rings. The van der Waals surface area contributed by atoms with Gasteiger partial charge in [-0.3, -0.25) is 4.79 Å². The minimum Gasteiger partial charge on any atom is -0.383 e. The first kappa shape index (κ1) is 13.9. The van der Waals surface area contributed by atoms with Crippen molar-refractivity contribution in [2.75, 3.05) is 10.6 Å². The molecule has 0 aromatic heterocycles. The van der Waals surface area contributed by atoms with E-state index in [2.05, 4.69) is 17.6 Å². The van der Waals surface area contributed by atoms with E-state index in [-0.39, 0.29) is 5.91 Å². The molecule has 0 saturated heterocycles. The fourth-order valence-corrected chi connectivity index (χ4v) is 2.47. The third-order valence-electron chi connectivity index (χ3n) is 3.81. The van der Waals surface area contributed by atoms with Crippen molar-refractivity contribution in [3.8, 4) is 0 Å². The molecule has 3 heteroatoms. The number of benzene rings is 1. The summed E-state index contributed by atoms with van der Waals surface area (Å²) in [5.74, 6) is 0.977. The highest BCUT2D eigenvalue weighted by Gasteiger charge is 2.19. The lowest BCUT2D eigenvalue weighted by molar-refractivity contribution is -0.115. The smallest absolute Gasteiger partial charge is 0.224 e. The second-order valence-electron chi connectivity index (χ2n) is 5.56. The summed E-state index contributed by atoms with van der Waals surface area (Å²) in [6, 6.07) is 8.48. The Kier molecular flexibility index (Phi) is 4.83. The number of hydrogen-bond acceptors (Lipinski definition) is 2. The second-order valence-corrected chi connectivity index (χ2v) is 5.56. The van der Waals surface area contributed by atoms with Crippen LogP contribution in [0.15, 0.2) is 24.3 Å². The fourth-order valence-electron chi connectivity index (χ4n) is 2.47. The highest BCUT2D eigenvalue weighted by Crippen LogP contribution is 2.31. The molecule has 1 aromatic carbocycles. The van der Waals surface area contributed by atoms with E-state index in [0.29, 0.717) is 12.5 Å². The molecule has 1 fully saturated rings. The van der Waals surface area contributed by atoms with Gasteiger partial charge in [-0.25, -0.2) is 0 Å². The van der Waals surface area contributed by atoms with Crippen molar-refractivity contribution in [1.82, 2.24) is 0 Å². The van der Waals surface area contributed by atoms with Gasteiger partial charge in [0.05, 0.1) is 0 Å². The van der Waals surface area contributed by atoms with Crippen LogP contribution in [0.25, 0.3) is 0 Å². The summed E-state index contributed by atoms with van der Waals surface area (Å²) in [6.45, 7) is 4.10. The van der Waals surface area contributed by atoms with Crippen molar-refractivity contribution < 1.29 is 4.79 Å². The van der Waals surface area contributed by atoms with Crippen LogP contribution in [0.1, 0.15) is 46.0 Å². The Morgan fingerprint density at radius 3 is 2.42 bits per heavy atom. The van der Waals surface area contributed by atoms with Gasteiger partial charge < -0.3 is 10.6 Å². The predicted octanol–water partition coefficient (Wildman–Crippen LogP) is 4.03. The number of nitrogens with one attached hydrogen (secondary N) is 2. The molecule has 0 bridgehead atoms. The minimum atomic E-state index is 0.0547. The van der Waals surface area contributed by atoms with Gasteiger partial charge in [-0.05, 0) is 43.5 Å². The lowest BCUT2D eigenvalue weighted by atomic mass is 9.81. The average molecular weight is 260 g/mol.